The maximum absolute atomic E-state index is 13.2. The monoisotopic (exact) mass is 425 g/mol. The van der Waals surface area contributed by atoms with Crippen molar-refractivity contribution in [3.63, 3.8) is 0 Å². The molecule has 1 aliphatic heterocycles. The first-order valence-corrected chi connectivity index (χ1v) is 11.7. The van der Waals surface area contributed by atoms with Gasteiger partial charge in [-0.15, -0.1) is 0 Å². The Balaban J connectivity index is 1.65. The topological polar surface area (TPSA) is 62.6 Å². The summed E-state index contributed by atoms with van der Waals surface area (Å²) in [5.41, 5.74) is 0.747. The van der Waals surface area contributed by atoms with Gasteiger partial charge in [-0.2, -0.15) is 0 Å². The fraction of sp³-hybridized carbons (Fsp3) is 0.348. The summed E-state index contributed by atoms with van der Waals surface area (Å²) in [7, 11) is 0.270. The molecule has 1 saturated heterocycles. The number of hydrogen-bond donors (Lipinski definition) is 0. The molecule has 1 fully saturated rings. The molecule has 0 spiro atoms. The maximum atomic E-state index is 13.2. The van der Waals surface area contributed by atoms with E-state index in [1.54, 1.807) is 47.2 Å². The van der Waals surface area contributed by atoms with Gasteiger partial charge in [0.2, 0.25) is 15.7 Å². The molecule has 0 bridgehead atoms. The Labute approximate surface area is 177 Å². The summed E-state index contributed by atoms with van der Waals surface area (Å²) >= 11 is 0. The van der Waals surface area contributed by atoms with E-state index in [-0.39, 0.29) is 28.3 Å². The summed E-state index contributed by atoms with van der Waals surface area (Å²) in [6.07, 6.45) is 3.52. The summed E-state index contributed by atoms with van der Waals surface area (Å²) in [6.45, 7) is 2.08. The highest BCUT2D eigenvalue weighted by molar-refractivity contribution is 7.91. The van der Waals surface area contributed by atoms with Gasteiger partial charge in [0.25, 0.3) is 0 Å². The van der Waals surface area contributed by atoms with Crippen molar-refractivity contribution < 1.29 is 13.2 Å². The molecule has 7 heteroatoms. The minimum atomic E-state index is -3.68. The Morgan fingerprint density at radius 2 is 1.67 bits per heavy atom. The van der Waals surface area contributed by atoms with Crippen molar-refractivity contribution in [2.45, 2.75) is 35.2 Å². The summed E-state index contributed by atoms with van der Waals surface area (Å²) in [5, 5.41) is 0.635. The van der Waals surface area contributed by atoms with E-state index in [0.717, 1.165) is 31.4 Å². The van der Waals surface area contributed by atoms with Gasteiger partial charge in [0.05, 0.1) is 9.79 Å². The normalized spacial score (nSPS) is 16.1. The maximum Gasteiger partial charge on any atom is 0.242 e. The van der Waals surface area contributed by atoms with Crippen molar-refractivity contribution in [2.75, 3.05) is 27.2 Å². The molecule has 3 aromatic rings. The van der Waals surface area contributed by atoms with Gasteiger partial charge in [-0.1, -0.05) is 36.4 Å². The van der Waals surface area contributed by atoms with Crippen molar-refractivity contribution in [2.24, 2.45) is 0 Å². The average Bonchev–Trinajstić information content (AvgIpc) is 3.14. The van der Waals surface area contributed by atoms with Crippen LogP contribution in [0.3, 0.4) is 0 Å². The first-order valence-electron chi connectivity index (χ1n) is 10.2. The van der Waals surface area contributed by atoms with Crippen LogP contribution in [0.5, 0.6) is 0 Å². The van der Waals surface area contributed by atoms with E-state index in [1.807, 2.05) is 30.1 Å². The molecule has 0 atom stereocenters. The van der Waals surface area contributed by atoms with Gasteiger partial charge < -0.3 is 14.4 Å². The largest absolute Gasteiger partial charge is 0.341 e. The molecule has 0 unspecified atom stereocenters. The minimum Gasteiger partial charge on any atom is -0.341 e. The number of piperidine rings is 1. The zero-order valence-electron chi connectivity index (χ0n) is 17.4. The minimum absolute atomic E-state index is 0.00559. The molecule has 1 aromatic heterocycles. The molecular formula is C23H27N3O3S. The van der Waals surface area contributed by atoms with E-state index >= 15 is 0 Å². The van der Waals surface area contributed by atoms with Crippen molar-refractivity contribution in [3.8, 4) is 0 Å². The zero-order chi connectivity index (χ0) is 21.3. The van der Waals surface area contributed by atoms with Crippen LogP contribution < -0.4 is 0 Å². The fourth-order valence-corrected chi connectivity index (χ4v) is 5.63. The van der Waals surface area contributed by atoms with Gasteiger partial charge in [-0.25, -0.2) is 8.42 Å². The van der Waals surface area contributed by atoms with Crippen LogP contribution in [0.25, 0.3) is 10.9 Å². The van der Waals surface area contributed by atoms with Gasteiger partial charge in [0.15, 0.2) is 0 Å². The van der Waals surface area contributed by atoms with Crippen LogP contribution in [0.1, 0.15) is 12.8 Å². The standard InChI is InChI=1S/C23H27N3O3S/c1-24-14-12-18(13-15-24)25(2)23(27)17-26-16-22(20-10-6-7-11-21(20)26)30(28,29)19-8-4-3-5-9-19/h3-11,16,18H,12-15,17H2,1-2H3. The summed E-state index contributed by atoms with van der Waals surface area (Å²) in [6, 6.07) is 16.0. The number of likely N-dealkylation sites (tertiary alicyclic amines) is 1. The molecule has 2 aromatic carbocycles. The van der Waals surface area contributed by atoms with Gasteiger partial charge in [0, 0.05) is 30.2 Å². The third-order valence-electron chi connectivity index (χ3n) is 6.03. The highest BCUT2D eigenvalue weighted by Gasteiger charge is 2.26. The third kappa shape index (κ3) is 3.87. The predicted octanol–water partition coefficient (Wildman–Crippen LogP) is 3.03. The number of aromatic nitrogens is 1. The number of sulfone groups is 1. The molecule has 158 valence electrons. The van der Waals surface area contributed by atoms with Gasteiger partial charge >= 0.3 is 0 Å². The number of hydrogen-bond acceptors (Lipinski definition) is 4. The lowest BCUT2D eigenvalue weighted by atomic mass is 10.0. The number of para-hydroxylation sites is 1. The molecular weight excluding hydrogens is 398 g/mol. The highest BCUT2D eigenvalue weighted by Crippen LogP contribution is 2.30. The molecule has 0 N–H and O–H groups in total. The van der Waals surface area contributed by atoms with Crippen molar-refractivity contribution in [1.82, 2.24) is 14.4 Å². The van der Waals surface area contributed by atoms with Crippen LogP contribution in [0.4, 0.5) is 0 Å². The van der Waals surface area contributed by atoms with E-state index in [0.29, 0.717) is 5.39 Å². The fourth-order valence-electron chi connectivity index (χ4n) is 4.13. The lowest BCUT2D eigenvalue weighted by Crippen LogP contribution is -2.45. The third-order valence-corrected chi connectivity index (χ3v) is 7.83. The highest BCUT2D eigenvalue weighted by atomic mass is 32.2. The van der Waals surface area contributed by atoms with Gasteiger partial charge in [-0.3, -0.25) is 4.79 Å². The average molecular weight is 426 g/mol. The summed E-state index contributed by atoms with van der Waals surface area (Å²) < 4.78 is 28.3. The number of amides is 1. The lowest BCUT2D eigenvalue weighted by Gasteiger charge is -2.35. The second-order valence-corrected chi connectivity index (χ2v) is 9.91. The lowest BCUT2D eigenvalue weighted by molar-refractivity contribution is -0.133. The number of rotatable bonds is 5. The van der Waals surface area contributed by atoms with E-state index in [9.17, 15) is 13.2 Å². The Morgan fingerprint density at radius 1 is 1.03 bits per heavy atom. The second kappa shape index (κ2) is 8.24. The predicted molar refractivity (Wildman–Crippen MR) is 117 cm³/mol. The van der Waals surface area contributed by atoms with Crippen LogP contribution >= 0.6 is 0 Å². The summed E-state index contributed by atoms with van der Waals surface area (Å²) in [4.78, 5) is 17.6. The Bertz CT molecular complexity index is 1150. The molecule has 0 saturated carbocycles. The molecule has 0 aliphatic carbocycles. The van der Waals surface area contributed by atoms with E-state index in [4.69, 9.17) is 0 Å². The van der Waals surface area contributed by atoms with Crippen molar-refractivity contribution >= 4 is 26.6 Å². The molecule has 0 radical (unpaired) electrons. The van der Waals surface area contributed by atoms with E-state index < -0.39 is 9.84 Å². The van der Waals surface area contributed by atoms with Crippen molar-refractivity contribution in [3.05, 3.63) is 60.8 Å². The summed E-state index contributed by atoms with van der Waals surface area (Å²) in [5.74, 6) is -0.00559. The molecule has 2 heterocycles. The molecule has 6 nitrogen and oxygen atoms in total. The Hall–Kier alpha value is -2.64. The zero-order valence-corrected chi connectivity index (χ0v) is 18.2. The first-order chi connectivity index (χ1) is 14.4. The van der Waals surface area contributed by atoms with Gasteiger partial charge in [-0.05, 0) is 51.2 Å². The Morgan fingerprint density at radius 3 is 2.37 bits per heavy atom. The number of carbonyl (C=O) groups is 1. The second-order valence-electron chi connectivity index (χ2n) is 7.99. The van der Waals surface area contributed by atoms with Crippen LogP contribution in [-0.4, -0.2) is 61.9 Å². The van der Waals surface area contributed by atoms with E-state index in [1.165, 1.54) is 0 Å². The number of benzene rings is 2. The quantitative estimate of drug-likeness (QED) is 0.630. The molecule has 1 amide bonds. The SMILES string of the molecule is CN1CCC(N(C)C(=O)Cn2cc(S(=O)(=O)c3ccccc3)c3ccccc32)CC1. The number of fused-ring (bicyclic) bond motifs is 1. The number of nitrogens with zero attached hydrogens (tertiary/aromatic N) is 3. The Kier molecular flexibility index (Phi) is 5.66. The van der Waals surface area contributed by atoms with E-state index in [2.05, 4.69) is 11.9 Å². The van der Waals surface area contributed by atoms with Crippen LogP contribution in [-0.2, 0) is 21.2 Å². The number of carbonyl (C=O) groups excluding carboxylic acids is 1. The van der Waals surface area contributed by atoms with Crippen LogP contribution in [0.15, 0.2) is 70.6 Å². The van der Waals surface area contributed by atoms with Gasteiger partial charge in [0.1, 0.15) is 6.54 Å². The van der Waals surface area contributed by atoms with Crippen LogP contribution in [0.2, 0.25) is 0 Å². The van der Waals surface area contributed by atoms with Crippen molar-refractivity contribution in [1.29, 1.82) is 0 Å². The number of likely N-dealkylation sites (N-methyl/N-ethyl adjacent to an activating group) is 1. The first kappa shape index (κ1) is 20.6. The molecule has 1 aliphatic rings. The smallest absolute Gasteiger partial charge is 0.242 e. The molecule has 4 rings (SSSR count). The molecule has 30 heavy (non-hydrogen) atoms. The van der Waals surface area contributed by atoms with Crippen LogP contribution in [0, 0.1) is 0 Å².